The molecule has 0 aromatic heterocycles. The highest BCUT2D eigenvalue weighted by atomic mass is 32.2. The number of guanidine groups is 1. The Morgan fingerprint density at radius 2 is 1.93 bits per heavy atom. The van der Waals surface area contributed by atoms with Crippen LogP contribution in [0.5, 0.6) is 0 Å². The van der Waals surface area contributed by atoms with E-state index in [-0.39, 0.29) is 22.8 Å². The van der Waals surface area contributed by atoms with Gasteiger partial charge in [0.1, 0.15) is 0 Å². The molecule has 162 valence electrons. The molecule has 2 rings (SSSR count). The van der Waals surface area contributed by atoms with Crippen molar-refractivity contribution in [1.82, 2.24) is 14.5 Å². The summed E-state index contributed by atoms with van der Waals surface area (Å²) in [7, 11) is -3.75. The van der Waals surface area contributed by atoms with Gasteiger partial charge < -0.3 is 10.2 Å². The second kappa shape index (κ2) is 10.1. The van der Waals surface area contributed by atoms with Gasteiger partial charge in [-0.3, -0.25) is 10.2 Å². The summed E-state index contributed by atoms with van der Waals surface area (Å²) in [4.78, 5) is 13.8. The van der Waals surface area contributed by atoms with E-state index in [9.17, 15) is 13.2 Å². The quantitative estimate of drug-likeness (QED) is 0.606. The summed E-state index contributed by atoms with van der Waals surface area (Å²) in [5.74, 6) is 0.417. The summed E-state index contributed by atoms with van der Waals surface area (Å²) in [5, 5.41) is 11.2. The van der Waals surface area contributed by atoms with Crippen LogP contribution in [0.3, 0.4) is 0 Å². The van der Waals surface area contributed by atoms with Crippen molar-refractivity contribution in [2.45, 2.75) is 64.3 Å². The maximum absolute atomic E-state index is 13.0. The lowest BCUT2D eigenvalue weighted by Crippen LogP contribution is -2.38. The molecule has 0 saturated carbocycles. The van der Waals surface area contributed by atoms with E-state index in [1.54, 1.807) is 24.3 Å². The van der Waals surface area contributed by atoms with Crippen LogP contribution in [0.2, 0.25) is 0 Å². The van der Waals surface area contributed by atoms with E-state index < -0.39 is 10.0 Å². The minimum absolute atomic E-state index is 0.00227. The highest BCUT2D eigenvalue weighted by Gasteiger charge is 2.39. The number of carbonyl (C=O) groups is 1. The standard InChI is InChI=1S/C21H34N4O3S/c1-5-6-13-24-17(4)15-25(21(24)22)29(27,28)19-9-7-18(8-10-19)11-12-23-20(26)14-16(2)3/h7-10,16-17,22H,5-6,11-15H2,1-4H3,(H,23,26). The molecular formula is C21H34N4O3S. The maximum Gasteiger partial charge on any atom is 0.266 e. The third kappa shape index (κ3) is 5.95. The van der Waals surface area contributed by atoms with Gasteiger partial charge in [0, 0.05) is 25.6 Å². The lowest BCUT2D eigenvalue weighted by Gasteiger charge is -2.23. The topological polar surface area (TPSA) is 93.6 Å². The number of benzene rings is 1. The van der Waals surface area contributed by atoms with Gasteiger partial charge >= 0.3 is 0 Å². The fraction of sp³-hybridized carbons (Fsp3) is 0.619. The lowest BCUT2D eigenvalue weighted by atomic mass is 10.1. The van der Waals surface area contributed by atoms with E-state index in [1.165, 1.54) is 4.31 Å². The average molecular weight is 423 g/mol. The molecule has 1 heterocycles. The van der Waals surface area contributed by atoms with Gasteiger partial charge in [0.2, 0.25) is 11.9 Å². The molecule has 29 heavy (non-hydrogen) atoms. The summed E-state index contributed by atoms with van der Waals surface area (Å²) in [6.07, 6.45) is 3.09. The van der Waals surface area contributed by atoms with Crippen LogP contribution in [0, 0.1) is 11.3 Å². The van der Waals surface area contributed by atoms with Crippen LogP contribution in [0.1, 0.15) is 52.5 Å². The Morgan fingerprint density at radius 1 is 1.28 bits per heavy atom. The van der Waals surface area contributed by atoms with Crippen molar-refractivity contribution in [2.24, 2.45) is 5.92 Å². The first-order valence-corrected chi connectivity index (χ1v) is 11.8. The molecule has 1 aromatic carbocycles. The summed E-state index contributed by atoms with van der Waals surface area (Å²) in [6.45, 7) is 9.56. The van der Waals surface area contributed by atoms with Crippen molar-refractivity contribution in [3.8, 4) is 0 Å². The van der Waals surface area contributed by atoms with Crippen LogP contribution in [-0.4, -0.2) is 55.2 Å². The highest BCUT2D eigenvalue weighted by molar-refractivity contribution is 7.89. The monoisotopic (exact) mass is 422 g/mol. The van der Waals surface area contributed by atoms with Gasteiger partial charge in [-0.2, -0.15) is 0 Å². The predicted octanol–water partition coefficient (Wildman–Crippen LogP) is 2.82. The zero-order valence-electron chi connectivity index (χ0n) is 17.9. The Kier molecular flexibility index (Phi) is 8.07. The highest BCUT2D eigenvalue weighted by Crippen LogP contribution is 2.24. The Morgan fingerprint density at radius 3 is 2.52 bits per heavy atom. The first kappa shape index (κ1) is 23.2. The van der Waals surface area contributed by atoms with E-state index in [1.807, 2.05) is 25.7 Å². The van der Waals surface area contributed by atoms with Crippen LogP contribution < -0.4 is 5.32 Å². The third-order valence-electron chi connectivity index (χ3n) is 5.06. The van der Waals surface area contributed by atoms with Crippen molar-refractivity contribution in [2.75, 3.05) is 19.6 Å². The average Bonchev–Trinajstić information content (AvgIpc) is 2.94. The number of carbonyl (C=O) groups excluding carboxylic acids is 1. The number of amides is 1. The molecule has 1 saturated heterocycles. The first-order chi connectivity index (χ1) is 13.7. The minimum Gasteiger partial charge on any atom is -0.356 e. The zero-order valence-corrected chi connectivity index (χ0v) is 18.8. The van der Waals surface area contributed by atoms with E-state index in [0.717, 1.165) is 18.4 Å². The van der Waals surface area contributed by atoms with Gasteiger partial charge in [-0.05, 0) is 43.4 Å². The molecule has 1 aliphatic heterocycles. The number of sulfonamides is 1. The van der Waals surface area contributed by atoms with Crippen LogP contribution in [0.25, 0.3) is 0 Å². The Bertz CT molecular complexity index is 806. The first-order valence-electron chi connectivity index (χ1n) is 10.4. The maximum atomic E-state index is 13.0. The molecule has 2 N–H and O–H groups in total. The predicted molar refractivity (Wildman–Crippen MR) is 115 cm³/mol. The number of hydrogen-bond donors (Lipinski definition) is 2. The largest absolute Gasteiger partial charge is 0.356 e. The number of rotatable bonds is 10. The third-order valence-corrected chi connectivity index (χ3v) is 6.83. The molecule has 1 unspecified atom stereocenters. The molecule has 1 amide bonds. The minimum atomic E-state index is -3.75. The zero-order chi connectivity index (χ0) is 21.6. The van der Waals surface area contributed by atoms with Crippen LogP contribution >= 0.6 is 0 Å². The van der Waals surface area contributed by atoms with Crippen LogP contribution in [0.4, 0.5) is 0 Å². The van der Waals surface area contributed by atoms with Gasteiger partial charge in [-0.1, -0.05) is 39.3 Å². The van der Waals surface area contributed by atoms with Gasteiger partial charge in [-0.15, -0.1) is 0 Å². The van der Waals surface area contributed by atoms with Gasteiger partial charge in [0.05, 0.1) is 11.4 Å². The normalized spacial score (nSPS) is 17.3. The van der Waals surface area contributed by atoms with Gasteiger partial charge in [0.25, 0.3) is 10.0 Å². The molecule has 1 fully saturated rings. The SMILES string of the molecule is CCCCN1C(=N)N(S(=O)(=O)c2ccc(CCNC(=O)CC(C)C)cc2)CC1C. The fourth-order valence-corrected chi connectivity index (χ4v) is 4.87. The molecule has 8 heteroatoms. The van der Waals surface area contributed by atoms with Crippen LogP contribution in [-0.2, 0) is 21.2 Å². The van der Waals surface area contributed by atoms with Crippen molar-refractivity contribution >= 4 is 21.9 Å². The van der Waals surface area contributed by atoms with Crippen molar-refractivity contribution < 1.29 is 13.2 Å². The van der Waals surface area contributed by atoms with E-state index >= 15 is 0 Å². The molecule has 7 nitrogen and oxygen atoms in total. The van der Waals surface area contributed by atoms with Crippen LogP contribution in [0.15, 0.2) is 29.2 Å². The van der Waals surface area contributed by atoms with Crippen molar-refractivity contribution in [3.63, 3.8) is 0 Å². The molecule has 0 bridgehead atoms. The van der Waals surface area contributed by atoms with Gasteiger partial charge in [0.15, 0.2) is 0 Å². The number of hydrogen-bond acceptors (Lipinski definition) is 4. The second-order valence-corrected chi connectivity index (χ2v) is 9.96. The van der Waals surface area contributed by atoms with Crippen molar-refractivity contribution in [1.29, 1.82) is 5.41 Å². The van der Waals surface area contributed by atoms with E-state index in [0.29, 0.717) is 38.4 Å². The van der Waals surface area contributed by atoms with Gasteiger partial charge in [-0.25, -0.2) is 12.7 Å². The summed E-state index contributed by atoms with van der Waals surface area (Å²) < 4.78 is 27.3. The van der Waals surface area contributed by atoms with E-state index in [4.69, 9.17) is 5.41 Å². The number of nitrogens with zero attached hydrogens (tertiary/aromatic N) is 2. The van der Waals surface area contributed by atoms with Crippen molar-refractivity contribution in [3.05, 3.63) is 29.8 Å². The smallest absolute Gasteiger partial charge is 0.266 e. The summed E-state index contributed by atoms with van der Waals surface area (Å²) in [6, 6.07) is 6.73. The summed E-state index contributed by atoms with van der Waals surface area (Å²) in [5.41, 5.74) is 0.961. The number of unbranched alkanes of at least 4 members (excludes halogenated alkanes) is 1. The molecule has 0 aliphatic carbocycles. The lowest BCUT2D eigenvalue weighted by molar-refractivity contribution is -0.121. The second-order valence-electron chi connectivity index (χ2n) is 8.10. The summed E-state index contributed by atoms with van der Waals surface area (Å²) >= 11 is 0. The molecule has 1 aromatic rings. The Labute approximate surface area is 175 Å². The molecule has 0 radical (unpaired) electrons. The molecule has 1 atom stereocenters. The number of nitrogens with one attached hydrogen (secondary N) is 2. The fourth-order valence-electron chi connectivity index (χ4n) is 3.39. The molecule has 1 aliphatic rings. The Balaban J connectivity index is 1.99. The van der Waals surface area contributed by atoms with E-state index in [2.05, 4.69) is 12.2 Å². The Hall–Kier alpha value is -2.09. The molecular weight excluding hydrogens is 388 g/mol. The molecule has 0 spiro atoms.